The van der Waals surface area contributed by atoms with Crippen LogP contribution in [0, 0.1) is 10.1 Å². The predicted octanol–water partition coefficient (Wildman–Crippen LogP) is 2.06. The van der Waals surface area contributed by atoms with Gasteiger partial charge in [-0.15, -0.1) is 0 Å². The fourth-order valence-corrected chi connectivity index (χ4v) is 2.22. The number of hydrogen-bond acceptors (Lipinski definition) is 4. The number of nitro benzene ring substituents is 1. The highest BCUT2D eigenvalue weighted by atomic mass is 79.9. The molecule has 0 saturated carbocycles. The molecule has 0 fully saturated rings. The summed E-state index contributed by atoms with van der Waals surface area (Å²) in [6, 6.07) is 4.96. The molecule has 0 bridgehead atoms. The Labute approximate surface area is 112 Å². The molecule has 0 aliphatic carbocycles. The second kappa shape index (κ2) is 5.28. The van der Waals surface area contributed by atoms with Gasteiger partial charge in [0.15, 0.2) is 0 Å². The smallest absolute Gasteiger partial charge is 0.283 e. The van der Waals surface area contributed by atoms with Crippen molar-refractivity contribution in [2.75, 3.05) is 0 Å². The molecule has 2 aromatic rings. The largest absolute Gasteiger partial charge is 0.329 e. The lowest BCUT2D eigenvalue weighted by molar-refractivity contribution is -0.385. The Morgan fingerprint density at radius 3 is 2.94 bits per heavy atom. The van der Waals surface area contributed by atoms with Gasteiger partial charge in [-0.05, 0) is 21.5 Å². The lowest BCUT2D eigenvalue weighted by Gasteiger charge is -2.08. The third-order valence-corrected chi connectivity index (χ3v) is 3.50. The van der Waals surface area contributed by atoms with E-state index >= 15 is 0 Å². The van der Waals surface area contributed by atoms with Crippen LogP contribution >= 0.6 is 15.9 Å². The van der Waals surface area contributed by atoms with Gasteiger partial charge in [0.2, 0.25) is 0 Å². The van der Waals surface area contributed by atoms with Crippen LogP contribution in [0.3, 0.4) is 0 Å². The summed E-state index contributed by atoms with van der Waals surface area (Å²) in [6.45, 7) is 0.828. The van der Waals surface area contributed by atoms with E-state index < -0.39 is 4.92 Å². The molecule has 0 atom stereocenters. The molecule has 0 spiro atoms. The zero-order chi connectivity index (χ0) is 13.1. The van der Waals surface area contributed by atoms with E-state index in [1.807, 2.05) is 10.6 Å². The molecular formula is C11H11BrN4O2. The number of benzene rings is 1. The summed E-state index contributed by atoms with van der Waals surface area (Å²) < 4.78 is 2.36. The highest BCUT2D eigenvalue weighted by Gasteiger charge is 2.15. The van der Waals surface area contributed by atoms with Crippen molar-refractivity contribution >= 4 is 21.6 Å². The molecule has 2 N–H and O–H groups in total. The summed E-state index contributed by atoms with van der Waals surface area (Å²) in [4.78, 5) is 14.5. The second-order valence-corrected chi connectivity index (χ2v) is 4.48. The topological polar surface area (TPSA) is 87.0 Å². The first-order valence-corrected chi connectivity index (χ1v) is 6.04. The van der Waals surface area contributed by atoms with E-state index in [4.69, 9.17) is 5.73 Å². The van der Waals surface area contributed by atoms with Gasteiger partial charge in [-0.2, -0.15) is 0 Å². The van der Waals surface area contributed by atoms with E-state index in [0.717, 1.165) is 11.4 Å². The molecule has 1 aromatic carbocycles. The summed E-state index contributed by atoms with van der Waals surface area (Å²) in [6.07, 6.45) is 3.46. The average molecular weight is 311 g/mol. The van der Waals surface area contributed by atoms with Crippen LogP contribution in [0.2, 0.25) is 0 Å². The highest BCUT2D eigenvalue weighted by molar-refractivity contribution is 9.10. The number of imidazole rings is 1. The quantitative estimate of drug-likeness (QED) is 0.691. The fraction of sp³-hybridized carbons (Fsp3) is 0.182. The van der Waals surface area contributed by atoms with Crippen LogP contribution in [0.25, 0.3) is 0 Å². The minimum absolute atomic E-state index is 0.0573. The molecule has 0 amide bonds. The SMILES string of the molecule is NCc1nccn1Cc1cccc([N+](=O)[O-])c1Br. The number of nitro groups is 1. The molecule has 6 nitrogen and oxygen atoms in total. The average Bonchev–Trinajstić information content (AvgIpc) is 2.78. The van der Waals surface area contributed by atoms with Crippen LogP contribution in [0.1, 0.15) is 11.4 Å². The third kappa shape index (κ3) is 2.41. The molecule has 0 saturated heterocycles. The van der Waals surface area contributed by atoms with Gasteiger partial charge in [-0.1, -0.05) is 12.1 Å². The van der Waals surface area contributed by atoms with Crippen LogP contribution < -0.4 is 5.73 Å². The lowest BCUT2D eigenvalue weighted by atomic mass is 10.2. The summed E-state index contributed by atoms with van der Waals surface area (Å²) >= 11 is 3.27. The van der Waals surface area contributed by atoms with Gasteiger partial charge in [0, 0.05) is 18.5 Å². The Morgan fingerprint density at radius 1 is 1.50 bits per heavy atom. The Bertz CT molecular complexity index is 582. The van der Waals surface area contributed by atoms with Crippen molar-refractivity contribution in [1.82, 2.24) is 9.55 Å². The van der Waals surface area contributed by atoms with Crippen molar-refractivity contribution in [2.24, 2.45) is 5.73 Å². The van der Waals surface area contributed by atoms with Crippen molar-refractivity contribution < 1.29 is 4.92 Å². The summed E-state index contributed by atoms with van der Waals surface area (Å²) in [5, 5.41) is 10.8. The Balaban J connectivity index is 2.35. The van der Waals surface area contributed by atoms with Gasteiger partial charge < -0.3 is 10.3 Å². The maximum Gasteiger partial charge on any atom is 0.283 e. The van der Waals surface area contributed by atoms with Crippen LogP contribution in [0.5, 0.6) is 0 Å². The Hall–Kier alpha value is -1.73. The maximum atomic E-state index is 10.8. The standard InChI is InChI=1S/C11H11BrN4O2/c12-11-8(2-1-3-9(11)16(17)18)7-15-5-4-14-10(15)6-13/h1-5H,6-7,13H2. The van der Waals surface area contributed by atoms with Crippen molar-refractivity contribution in [2.45, 2.75) is 13.1 Å². The molecule has 0 aliphatic heterocycles. The first-order valence-electron chi connectivity index (χ1n) is 5.25. The van der Waals surface area contributed by atoms with Gasteiger partial charge in [0.1, 0.15) is 10.3 Å². The predicted molar refractivity (Wildman–Crippen MR) is 70.0 cm³/mol. The number of halogens is 1. The molecule has 18 heavy (non-hydrogen) atoms. The molecule has 7 heteroatoms. The summed E-state index contributed by atoms with van der Waals surface area (Å²) in [5.74, 6) is 0.744. The highest BCUT2D eigenvalue weighted by Crippen LogP contribution is 2.28. The van der Waals surface area contributed by atoms with Gasteiger partial charge >= 0.3 is 0 Å². The fourth-order valence-electron chi connectivity index (χ4n) is 1.69. The number of aromatic nitrogens is 2. The van der Waals surface area contributed by atoms with E-state index in [-0.39, 0.29) is 5.69 Å². The Kier molecular flexibility index (Phi) is 3.73. The molecule has 0 unspecified atom stereocenters. The minimum Gasteiger partial charge on any atom is -0.329 e. The zero-order valence-corrected chi connectivity index (χ0v) is 11.0. The van der Waals surface area contributed by atoms with Gasteiger partial charge in [0.05, 0.1) is 18.0 Å². The molecule has 0 aliphatic rings. The number of hydrogen-bond donors (Lipinski definition) is 1. The zero-order valence-electron chi connectivity index (χ0n) is 9.41. The second-order valence-electron chi connectivity index (χ2n) is 3.68. The molecular weight excluding hydrogens is 300 g/mol. The van der Waals surface area contributed by atoms with E-state index in [9.17, 15) is 10.1 Å². The van der Waals surface area contributed by atoms with Crippen molar-refractivity contribution in [3.05, 3.63) is 56.6 Å². The summed E-state index contributed by atoms with van der Waals surface area (Å²) in [5.41, 5.74) is 6.44. The van der Waals surface area contributed by atoms with Gasteiger partial charge in [0.25, 0.3) is 5.69 Å². The lowest BCUT2D eigenvalue weighted by Crippen LogP contribution is -2.09. The van der Waals surface area contributed by atoms with Crippen LogP contribution in [0.15, 0.2) is 35.1 Å². The monoisotopic (exact) mass is 310 g/mol. The third-order valence-electron chi connectivity index (χ3n) is 2.58. The number of nitrogens with two attached hydrogens (primary N) is 1. The molecule has 1 aromatic heterocycles. The normalized spacial score (nSPS) is 10.6. The van der Waals surface area contributed by atoms with Crippen LogP contribution in [-0.4, -0.2) is 14.5 Å². The molecule has 94 valence electrons. The molecule has 2 rings (SSSR count). The minimum atomic E-state index is -0.411. The van der Waals surface area contributed by atoms with Crippen LogP contribution in [0.4, 0.5) is 5.69 Å². The van der Waals surface area contributed by atoms with E-state index in [1.165, 1.54) is 6.07 Å². The van der Waals surface area contributed by atoms with Crippen molar-refractivity contribution in [1.29, 1.82) is 0 Å². The van der Waals surface area contributed by atoms with Crippen molar-refractivity contribution in [3.63, 3.8) is 0 Å². The molecule has 1 heterocycles. The first kappa shape index (κ1) is 12.7. The maximum absolute atomic E-state index is 10.8. The van der Waals surface area contributed by atoms with E-state index in [2.05, 4.69) is 20.9 Å². The van der Waals surface area contributed by atoms with Gasteiger partial charge in [-0.3, -0.25) is 10.1 Å². The van der Waals surface area contributed by atoms with E-state index in [0.29, 0.717) is 17.6 Å². The summed E-state index contributed by atoms with van der Waals surface area (Å²) in [7, 11) is 0. The van der Waals surface area contributed by atoms with Gasteiger partial charge in [-0.25, -0.2) is 4.98 Å². The Morgan fingerprint density at radius 2 is 2.28 bits per heavy atom. The van der Waals surface area contributed by atoms with E-state index in [1.54, 1.807) is 18.5 Å². The number of nitrogens with zero attached hydrogens (tertiary/aromatic N) is 3. The van der Waals surface area contributed by atoms with Crippen LogP contribution in [-0.2, 0) is 13.1 Å². The number of rotatable bonds is 4. The molecule has 0 radical (unpaired) electrons. The first-order chi connectivity index (χ1) is 8.63. The van der Waals surface area contributed by atoms with Crippen molar-refractivity contribution in [3.8, 4) is 0 Å².